The van der Waals surface area contributed by atoms with E-state index in [2.05, 4.69) is 29.2 Å². The summed E-state index contributed by atoms with van der Waals surface area (Å²) in [5.74, 6) is 0. The lowest BCUT2D eigenvalue weighted by Crippen LogP contribution is -2.29. The minimum atomic E-state index is -0.333. The summed E-state index contributed by atoms with van der Waals surface area (Å²) in [5.41, 5.74) is 2.19. The van der Waals surface area contributed by atoms with Gasteiger partial charge in [-0.05, 0) is 27.4 Å². The van der Waals surface area contributed by atoms with Crippen LogP contribution in [0.2, 0.25) is 0 Å². The van der Waals surface area contributed by atoms with Crippen LogP contribution in [0.1, 0.15) is 23.7 Å². The van der Waals surface area contributed by atoms with Crippen LogP contribution in [0.4, 0.5) is 5.69 Å². The molecular weight excluding hydrogens is 244 g/mol. The maximum atomic E-state index is 11.0. The molecule has 106 valence electrons. The Morgan fingerprint density at radius 3 is 2.74 bits per heavy atom. The van der Waals surface area contributed by atoms with Gasteiger partial charge < -0.3 is 10.2 Å². The number of aromatic nitrogens is 1. The molecule has 6 nitrogen and oxygen atoms in total. The van der Waals surface area contributed by atoms with Crippen LogP contribution < -0.4 is 5.32 Å². The van der Waals surface area contributed by atoms with Crippen LogP contribution >= 0.6 is 0 Å². The van der Waals surface area contributed by atoms with Gasteiger partial charge >= 0.3 is 0 Å². The summed E-state index contributed by atoms with van der Waals surface area (Å²) in [7, 11) is 2.06. The average Bonchev–Trinajstić information content (AvgIpc) is 2.36. The first-order valence-electron chi connectivity index (χ1n) is 6.46. The molecule has 1 N–H and O–H groups in total. The number of hydrogen-bond donors (Lipinski definition) is 1. The van der Waals surface area contributed by atoms with Crippen LogP contribution in [0.15, 0.2) is 6.20 Å². The van der Waals surface area contributed by atoms with Crippen molar-refractivity contribution in [2.24, 2.45) is 0 Å². The van der Waals surface area contributed by atoms with Crippen LogP contribution in [-0.2, 0) is 6.54 Å². The van der Waals surface area contributed by atoms with Crippen molar-refractivity contribution in [2.45, 2.75) is 27.3 Å². The Morgan fingerprint density at radius 2 is 2.16 bits per heavy atom. The van der Waals surface area contributed by atoms with Crippen molar-refractivity contribution in [1.82, 2.24) is 15.2 Å². The second-order valence-electron chi connectivity index (χ2n) is 4.69. The zero-order chi connectivity index (χ0) is 14.4. The van der Waals surface area contributed by atoms with Crippen LogP contribution in [0.25, 0.3) is 0 Å². The summed E-state index contributed by atoms with van der Waals surface area (Å²) in [5, 5.41) is 14.3. The summed E-state index contributed by atoms with van der Waals surface area (Å²) in [6.45, 7) is 8.93. The molecule has 1 aromatic heterocycles. The number of rotatable bonds is 7. The van der Waals surface area contributed by atoms with Crippen molar-refractivity contribution in [2.75, 3.05) is 26.7 Å². The highest BCUT2D eigenvalue weighted by Gasteiger charge is 2.18. The molecular formula is C13H22N4O2. The topological polar surface area (TPSA) is 71.3 Å². The van der Waals surface area contributed by atoms with E-state index >= 15 is 0 Å². The monoisotopic (exact) mass is 266 g/mol. The van der Waals surface area contributed by atoms with Crippen LogP contribution in [0.5, 0.6) is 0 Å². The normalized spacial score (nSPS) is 11.0. The fraction of sp³-hybridized carbons (Fsp3) is 0.615. The Hall–Kier alpha value is -1.53. The van der Waals surface area contributed by atoms with Gasteiger partial charge in [-0.3, -0.25) is 15.1 Å². The second kappa shape index (κ2) is 7.16. The minimum absolute atomic E-state index is 0.178. The maximum absolute atomic E-state index is 11.0. The smallest absolute Gasteiger partial charge is 0.278 e. The molecule has 1 aromatic rings. The van der Waals surface area contributed by atoms with E-state index in [0.717, 1.165) is 25.3 Å². The Labute approximate surface area is 114 Å². The van der Waals surface area contributed by atoms with Gasteiger partial charge in [-0.25, -0.2) is 0 Å². The molecule has 0 aromatic carbocycles. The molecule has 6 heteroatoms. The SMILES string of the molecule is CCN(C)CCNCc1ncc(C)c([N+](=O)[O-])c1C. The predicted octanol–water partition coefficient (Wildman–Crippen LogP) is 1.65. The molecule has 0 saturated carbocycles. The van der Waals surface area contributed by atoms with Crippen molar-refractivity contribution >= 4 is 5.69 Å². The van der Waals surface area contributed by atoms with E-state index in [1.54, 1.807) is 20.0 Å². The molecule has 0 bridgehead atoms. The minimum Gasteiger partial charge on any atom is -0.310 e. The van der Waals surface area contributed by atoms with Crippen molar-refractivity contribution in [3.05, 3.63) is 33.1 Å². The Morgan fingerprint density at radius 1 is 1.47 bits per heavy atom. The molecule has 1 rings (SSSR count). The standard InChI is InChI=1S/C13H22N4O2/c1-5-16(4)7-6-14-9-12-11(3)13(17(18)19)10(2)8-15-12/h8,14H,5-7,9H2,1-4H3. The van der Waals surface area contributed by atoms with Crippen molar-refractivity contribution in [3.8, 4) is 0 Å². The highest BCUT2D eigenvalue weighted by Crippen LogP contribution is 2.23. The Kier molecular flexibility index (Phi) is 5.85. The number of nitrogens with one attached hydrogen (secondary N) is 1. The van der Waals surface area contributed by atoms with Gasteiger partial charge in [-0.2, -0.15) is 0 Å². The summed E-state index contributed by atoms with van der Waals surface area (Å²) in [4.78, 5) is 17.1. The third kappa shape index (κ3) is 4.25. The van der Waals surface area contributed by atoms with Crippen molar-refractivity contribution < 1.29 is 4.92 Å². The first-order valence-corrected chi connectivity index (χ1v) is 6.46. The summed E-state index contributed by atoms with van der Waals surface area (Å²) in [6, 6.07) is 0. The molecule has 0 unspecified atom stereocenters. The fourth-order valence-electron chi connectivity index (χ4n) is 1.86. The summed E-state index contributed by atoms with van der Waals surface area (Å²) >= 11 is 0. The maximum Gasteiger partial charge on any atom is 0.278 e. The van der Waals surface area contributed by atoms with E-state index in [1.807, 2.05) is 0 Å². The summed E-state index contributed by atoms with van der Waals surface area (Å²) in [6.07, 6.45) is 1.57. The quantitative estimate of drug-likeness (QED) is 0.461. The van der Waals surface area contributed by atoms with Gasteiger partial charge in [-0.15, -0.1) is 0 Å². The summed E-state index contributed by atoms with van der Waals surface area (Å²) < 4.78 is 0. The highest BCUT2D eigenvalue weighted by atomic mass is 16.6. The predicted molar refractivity (Wildman–Crippen MR) is 75.2 cm³/mol. The van der Waals surface area contributed by atoms with E-state index in [1.165, 1.54) is 0 Å². The van der Waals surface area contributed by atoms with E-state index in [0.29, 0.717) is 17.7 Å². The van der Waals surface area contributed by atoms with Gasteiger partial charge in [0.15, 0.2) is 0 Å². The number of nitrogens with zero attached hydrogens (tertiary/aromatic N) is 3. The molecule has 1 heterocycles. The molecule has 0 aliphatic heterocycles. The zero-order valence-electron chi connectivity index (χ0n) is 12.1. The Balaban J connectivity index is 2.65. The van der Waals surface area contributed by atoms with Crippen molar-refractivity contribution in [3.63, 3.8) is 0 Å². The Bertz CT molecular complexity index is 449. The fourth-order valence-corrected chi connectivity index (χ4v) is 1.86. The second-order valence-corrected chi connectivity index (χ2v) is 4.69. The zero-order valence-corrected chi connectivity index (χ0v) is 12.1. The lowest BCUT2D eigenvalue weighted by molar-refractivity contribution is -0.386. The molecule has 0 radical (unpaired) electrons. The van der Waals surface area contributed by atoms with E-state index in [4.69, 9.17) is 0 Å². The highest BCUT2D eigenvalue weighted by molar-refractivity contribution is 5.47. The molecule has 0 spiro atoms. The number of nitro groups is 1. The van der Waals surface area contributed by atoms with E-state index < -0.39 is 0 Å². The van der Waals surface area contributed by atoms with Crippen LogP contribution in [0.3, 0.4) is 0 Å². The van der Waals surface area contributed by atoms with E-state index in [-0.39, 0.29) is 10.6 Å². The number of aryl methyl sites for hydroxylation is 1. The third-order valence-corrected chi connectivity index (χ3v) is 3.26. The molecule has 0 aliphatic carbocycles. The van der Waals surface area contributed by atoms with Crippen LogP contribution in [-0.4, -0.2) is 41.5 Å². The van der Waals surface area contributed by atoms with Gasteiger partial charge in [0.05, 0.1) is 10.6 Å². The van der Waals surface area contributed by atoms with Gasteiger partial charge in [0, 0.05) is 37.0 Å². The lowest BCUT2D eigenvalue weighted by Gasteiger charge is -2.14. The largest absolute Gasteiger partial charge is 0.310 e. The van der Waals surface area contributed by atoms with Gasteiger partial charge in [0.2, 0.25) is 0 Å². The molecule has 0 amide bonds. The van der Waals surface area contributed by atoms with Gasteiger partial charge in [-0.1, -0.05) is 6.92 Å². The first kappa shape index (κ1) is 15.5. The van der Waals surface area contributed by atoms with Gasteiger partial charge in [0.1, 0.15) is 0 Å². The molecule has 0 atom stereocenters. The van der Waals surface area contributed by atoms with Crippen molar-refractivity contribution in [1.29, 1.82) is 0 Å². The van der Waals surface area contributed by atoms with E-state index in [9.17, 15) is 10.1 Å². The molecule has 0 aliphatic rings. The number of pyridine rings is 1. The molecule has 19 heavy (non-hydrogen) atoms. The first-order chi connectivity index (χ1) is 8.97. The van der Waals surface area contributed by atoms with Crippen LogP contribution in [0, 0.1) is 24.0 Å². The lowest BCUT2D eigenvalue weighted by atomic mass is 10.1. The third-order valence-electron chi connectivity index (χ3n) is 3.26. The van der Waals surface area contributed by atoms with Gasteiger partial charge in [0.25, 0.3) is 5.69 Å². The number of likely N-dealkylation sites (N-methyl/N-ethyl adjacent to an activating group) is 1. The molecule has 0 saturated heterocycles. The number of hydrogen-bond acceptors (Lipinski definition) is 5. The molecule has 0 fully saturated rings. The average molecular weight is 266 g/mol.